The standard InChI is InChI=1S/C15H21N3O5S/c1-12-3-4-13(23-2)14(9-12)24(21,22)16-10-15(20)18-7-5-17(11-19)6-8-18/h3-4,9,11,16H,5-8,10H2,1-2H3. The van der Waals surface area contributed by atoms with E-state index in [0.29, 0.717) is 26.2 Å². The van der Waals surface area contributed by atoms with Crippen LogP contribution in [-0.4, -0.2) is 70.4 Å². The Kier molecular flexibility index (Phi) is 5.79. The smallest absolute Gasteiger partial charge is 0.244 e. The quantitative estimate of drug-likeness (QED) is 0.700. The number of nitrogens with one attached hydrogen (secondary N) is 1. The Hall–Kier alpha value is -2.13. The minimum atomic E-state index is -3.86. The number of nitrogens with zero attached hydrogens (tertiary/aromatic N) is 2. The zero-order valence-corrected chi connectivity index (χ0v) is 14.5. The van der Waals surface area contributed by atoms with Crippen LogP contribution in [0.25, 0.3) is 0 Å². The summed E-state index contributed by atoms with van der Waals surface area (Å²) in [7, 11) is -2.47. The Morgan fingerprint density at radius 2 is 1.96 bits per heavy atom. The van der Waals surface area contributed by atoms with Crippen LogP contribution in [-0.2, 0) is 19.6 Å². The molecule has 0 aromatic heterocycles. The predicted octanol–water partition coefficient (Wildman–Crippen LogP) is -0.417. The van der Waals surface area contributed by atoms with Crippen LogP contribution in [0.15, 0.2) is 23.1 Å². The van der Waals surface area contributed by atoms with Gasteiger partial charge in [-0.3, -0.25) is 9.59 Å². The molecule has 1 aromatic carbocycles. The minimum absolute atomic E-state index is 0.00331. The van der Waals surface area contributed by atoms with Gasteiger partial charge in [0.1, 0.15) is 10.6 Å². The summed E-state index contributed by atoms with van der Waals surface area (Å²) in [5.74, 6) is -0.101. The number of carbonyl (C=O) groups is 2. The lowest BCUT2D eigenvalue weighted by Gasteiger charge is -2.32. The number of sulfonamides is 1. The number of ether oxygens (including phenoxy) is 1. The van der Waals surface area contributed by atoms with E-state index in [-0.39, 0.29) is 23.1 Å². The second-order valence-electron chi connectivity index (χ2n) is 5.50. The lowest BCUT2D eigenvalue weighted by Crippen LogP contribution is -2.50. The third-order valence-corrected chi connectivity index (χ3v) is 5.26. The van der Waals surface area contributed by atoms with Gasteiger partial charge in [-0.05, 0) is 24.6 Å². The van der Waals surface area contributed by atoms with Crippen molar-refractivity contribution in [1.82, 2.24) is 14.5 Å². The molecular formula is C15H21N3O5S. The zero-order chi connectivity index (χ0) is 17.7. The zero-order valence-electron chi connectivity index (χ0n) is 13.7. The van der Waals surface area contributed by atoms with Gasteiger partial charge in [-0.1, -0.05) is 6.07 Å². The first-order valence-electron chi connectivity index (χ1n) is 7.49. The Morgan fingerprint density at radius 1 is 1.29 bits per heavy atom. The second-order valence-corrected chi connectivity index (χ2v) is 7.24. The number of aryl methyl sites for hydroxylation is 1. The fourth-order valence-electron chi connectivity index (χ4n) is 2.42. The molecule has 1 heterocycles. The van der Waals surface area contributed by atoms with Gasteiger partial charge in [-0.15, -0.1) is 0 Å². The Bertz CT molecular complexity index is 712. The summed E-state index contributed by atoms with van der Waals surface area (Å²) in [6.45, 7) is 3.14. The molecule has 0 radical (unpaired) electrons. The third kappa shape index (κ3) is 4.24. The molecule has 1 saturated heterocycles. The molecule has 132 valence electrons. The van der Waals surface area contributed by atoms with Gasteiger partial charge >= 0.3 is 0 Å². The molecule has 0 atom stereocenters. The Morgan fingerprint density at radius 3 is 2.54 bits per heavy atom. The molecule has 0 aliphatic carbocycles. The maximum atomic E-state index is 12.4. The highest BCUT2D eigenvalue weighted by Crippen LogP contribution is 2.24. The first-order chi connectivity index (χ1) is 11.4. The van der Waals surface area contributed by atoms with Crippen molar-refractivity contribution in [1.29, 1.82) is 0 Å². The van der Waals surface area contributed by atoms with E-state index in [9.17, 15) is 18.0 Å². The number of rotatable bonds is 6. The van der Waals surface area contributed by atoms with Crippen LogP contribution in [0.2, 0.25) is 0 Å². The van der Waals surface area contributed by atoms with Crippen molar-refractivity contribution >= 4 is 22.3 Å². The Balaban J connectivity index is 2.01. The lowest BCUT2D eigenvalue weighted by atomic mass is 10.2. The number of hydrogen-bond donors (Lipinski definition) is 1. The van der Waals surface area contributed by atoms with E-state index >= 15 is 0 Å². The molecule has 24 heavy (non-hydrogen) atoms. The number of benzene rings is 1. The van der Waals surface area contributed by atoms with Gasteiger partial charge < -0.3 is 14.5 Å². The molecule has 1 aliphatic rings. The van der Waals surface area contributed by atoms with Gasteiger partial charge in [0.05, 0.1) is 13.7 Å². The monoisotopic (exact) mass is 355 g/mol. The summed E-state index contributed by atoms with van der Waals surface area (Å²) >= 11 is 0. The largest absolute Gasteiger partial charge is 0.495 e. The molecule has 1 fully saturated rings. The number of carbonyl (C=O) groups excluding carboxylic acids is 2. The van der Waals surface area contributed by atoms with E-state index in [1.165, 1.54) is 18.1 Å². The first kappa shape index (κ1) is 18.2. The van der Waals surface area contributed by atoms with Crippen molar-refractivity contribution in [3.63, 3.8) is 0 Å². The van der Waals surface area contributed by atoms with Gasteiger partial charge in [0.25, 0.3) is 0 Å². The maximum absolute atomic E-state index is 12.4. The van der Waals surface area contributed by atoms with E-state index in [2.05, 4.69) is 4.72 Å². The van der Waals surface area contributed by atoms with Crippen LogP contribution < -0.4 is 9.46 Å². The van der Waals surface area contributed by atoms with Gasteiger partial charge in [-0.2, -0.15) is 0 Å². The summed E-state index contributed by atoms with van der Waals surface area (Å²) in [5, 5.41) is 0. The van der Waals surface area contributed by atoms with Gasteiger partial charge in [-0.25, -0.2) is 13.1 Å². The summed E-state index contributed by atoms with van der Waals surface area (Å²) in [6.07, 6.45) is 0.745. The minimum Gasteiger partial charge on any atom is -0.495 e. The van der Waals surface area contributed by atoms with Crippen LogP contribution in [0.5, 0.6) is 5.75 Å². The van der Waals surface area contributed by atoms with Crippen molar-refractivity contribution in [2.45, 2.75) is 11.8 Å². The number of hydrogen-bond acceptors (Lipinski definition) is 5. The van der Waals surface area contributed by atoms with E-state index in [0.717, 1.165) is 12.0 Å². The highest BCUT2D eigenvalue weighted by Gasteiger charge is 2.24. The predicted molar refractivity (Wildman–Crippen MR) is 87.1 cm³/mol. The average Bonchev–Trinajstić information content (AvgIpc) is 2.59. The molecule has 8 nitrogen and oxygen atoms in total. The molecule has 2 rings (SSSR count). The fourth-order valence-corrected chi connectivity index (χ4v) is 3.64. The van der Waals surface area contributed by atoms with Gasteiger partial charge in [0.15, 0.2) is 0 Å². The first-order valence-corrected chi connectivity index (χ1v) is 8.97. The van der Waals surface area contributed by atoms with E-state index < -0.39 is 10.0 Å². The molecule has 9 heteroatoms. The summed E-state index contributed by atoms with van der Waals surface area (Å²) in [5.41, 5.74) is 0.771. The van der Waals surface area contributed by atoms with Crippen molar-refractivity contribution in [3.8, 4) is 5.75 Å². The highest BCUT2D eigenvalue weighted by atomic mass is 32.2. The van der Waals surface area contributed by atoms with Crippen molar-refractivity contribution < 1.29 is 22.7 Å². The lowest BCUT2D eigenvalue weighted by molar-refractivity contribution is -0.134. The van der Waals surface area contributed by atoms with Gasteiger partial charge in [0, 0.05) is 26.2 Å². The van der Waals surface area contributed by atoms with E-state index in [1.807, 2.05) is 0 Å². The molecule has 0 bridgehead atoms. The van der Waals surface area contributed by atoms with Crippen LogP contribution in [0.1, 0.15) is 5.56 Å². The van der Waals surface area contributed by atoms with Crippen LogP contribution in [0.4, 0.5) is 0 Å². The highest BCUT2D eigenvalue weighted by molar-refractivity contribution is 7.89. The number of methoxy groups -OCH3 is 1. The van der Waals surface area contributed by atoms with Crippen LogP contribution in [0.3, 0.4) is 0 Å². The molecule has 0 unspecified atom stereocenters. The second kappa shape index (κ2) is 7.63. The number of piperazine rings is 1. The van der Waals surface area contributed by atoms with Crippen molar-refractivity contribution in [3.05, 3.63) is 23.8 Å². The van der Waals surface area contributed by atoms with Crippen molar-refractivity contribution in [2.24, 2.45) is 0 Å². The molecule has 2 amide bonds. The van der Waals surface area contributed by atoms with E-state index in [4.69, 9.17) is 4.74 Å². The molecule has 0 spiro atoms. The normalized spacial score (nSPS) is 15.2. The SMILES string of the molecule is COc1ccc(C)cc1S(=O)(=O)NCC(=O)N1CCN(C=O)CC1. The molecular weight excluding hydrogens is 334 g/mol. The number of amides is 2. The Labute approximate surface area is 141 Å². The molecule has 1 N–H and O–H groups in total. The van der Waals surface area contributed by atoms with Crippen molar-refractivity contribution in [2.75, 3.05) is 39.8 Å². The summed E-state index contributed by atoms with van der Waals surface area (Å²) in [6, 6.07) is 4.81. The van der Waals surface area contributed by atoms with E-state index in [1.54, 1.807) is 24.0 Å². The molecule has 1 aromatic rings. The summed E-state index contributed by atoms with van der Waals surface area (Å²) in [4.78, 5) is 25.9. The summed E-state index contributed by atoms with van der Waals surface area (Å²) < 4.78 is 32.3. The van der Waals surface area contributed by atoms with Gasteiger partial charge in [0.2, 0.25) is 22.3 Å². The topological polar surface area (TPSA) is 96.0 Å². The van der Waals surface area contributed by atoms with Crippen LogP contribution >= 0.6 is 0 Å². The average molecular weight is 355 g/mol. The third-order valence-electron chi connectivity index (χ3n) is 3.84. The molecule has 0 saturated carbocycles. The fraction of sp³-hybridized carbons (Fsp3) is 0.467. The molecule has 1 aliphatic heterocycles. The maximum Gasteiger partial charge on any atom is 0.244 e. The van der Waals surface area contributed by atoms with Crippen LogP contribution in [0, 0.1) is 6.92 Å².